The van der Waals surface area contributed by atoms with Gasteiger partial charge in [0.1, 0.15) is 18.8 Å². The van der Waals surface area contributed by atoms with Gasteiger partial charge in [-0.3, -0.25) is 9.59 Å². The van der Waals surface area contributed by atoms with E-state index in [0.717, 1.165) is 0 Å². The maximum Gasteiger partial charge on any atom is 0.311 e. The Morgan fingerprint density at radius 2 is 2.03 bits per heavy atom. The van der Waals surface area contributed by atoms with Crippen molar-refractivity contribution in [2.75, 3.05) is 19.8 Å². The normalized spacial score (nSPS) is 32.6. The van der Waals surface area contributed by atoms with E-state index in [4.69, 9.17) is 14.2 Å². The molecule has 8 nitrogen and oxygen atoms in total. The van der Waals surface area contributed by atoms with Crippen LogP contribution in [-0.2, 0) is 23.8 Å². The van der Waals surface area contributed by atoms with Crippen LogP contribution in [0.4, 0.5) is 0 Å². The Morgan fingerprint density at radius 3 is 2.63 bits per heavy atom. The van der Waals surface area contributed by atoms with Crippen LogP contribution >= 0.6 is 0 Å². The average Bonchev–Trinajstić information content (AvgIpc) is 3.39. The number of hydrogen-bond acceptors (Lipinski definition) is 8. The molecule has 3 N–H and O–H groups in total. The van der Waals surface area contributed by atoms with Crippen molar-refractivity contribution in [3.05, 3.63) is 23.8 Å². The van der Waals surface area contributed by atoms with Gasteiger partial charge in [0.25, 0.3) is 0 Å². The summed E-state index contributed by atoms with van der Waals surface area (Å²) >= 11 is 0. The number of esters is 2. The summed E-state index contributed by atoms with van der Waals surface area (Å²) in [6.45, 7) is 8.29. The predicted octanol–water partition coefficient (Wildman–Crippen LogP) is 1.27. The molecule has 30 heavy (non-hydrogen) atoms. The first-order chi connectivity index (χ1) is 14.1. The number of epoxide rings is 1. The lowest BCUT2D eigenvalue weighted by Gasteiger charge is -2.25. The van der Waals surface area contributed by atoms with Crippen LogP contribution in [0.1, 0.15) is 46.5 Å². The molecule has 0 saturated carbocycles. The molecule has 1 saturated heterocycles. The third-order valence-corrected chi connectivity index (χ3v) is 6.10. The summed E-state index contributed by atoms with van der Waals surface area (Å²) in [5.74, 6) is -1.82. The number of aliphatic hydroxyl groups excluding tert-OH is 3. The summed E-state index contributed by atoms with van der Waals surface area (Å²) in [7, 11) is 0. The van der Waals surface area contributed by atoms with Gasteiger partial charge in [-0.2, -0.15) is 0 Å². The molecule has 0 aromatic carbocycles. The fourth-order valence-corrected chi connectivity index (χ4v) is 3.65. The number of rotatable bonds is 8. The summed E-state index contributed by atoms with van der Waals surface area (Å²) in [6, 6.07) is 0. The van der Waals surface area contributed by atoms with E-state index in [1.165, 1.54) is 13.8 Å². The lowest BCUT2D eigenvalue weighted by Crippen LogP contribution is -2.29. The lowest BCUT2D eigenvalue weighted by molar-refractivity contribution is -0.150. The highest BCUT2D eigenvalue weighted by molar-refractivity contribution is 5.72. The predicted molar refractivity (Wildman–Crippen MR) is 108 cm³/mol. The van der Waals surface area contributed by atoms with Crippen molar-refractivity contribution in [1.82, 2.24) is 0 Å². The van der Waals surface area contributed by atoms with Gasteiger partial charge in [0.2, 0.25) is 0 Å². The second-order valence-electron chi connectivity index (χ2n) is 8.41. The molecule has 1 fully saturated rings. The number of hydrogen-bond donors (Lipinski definition) is 3. The molecule has 1 aliphatic carbocycles. The summed E-state index contributed by atoms with van der Waals surface area (Å²) in [4.78, 5) is 23.2. The van der Waals surface area contributed by atoms with Crippen LogP contribution in [0, 0.1) is 11.8 Å². The number of carbonyl (C=O) groups excluding carboxylic acids is 2. The highest BCUT2D eigenvalue weighted by Gasteiger charge is 2.56. The second kappa shape index (κ2) is 10.5. The SMILES string of the molecule is C=C(COC(C)=O)C1CC(O)/C(COC(=O)C(C)C(C)O)=C/CCC2(CO)OC2C1. The number of ether oxygens (including phenoxy) is 3. The zero-order valence-corrected chi connectivity index (χ0v) is 18.0. The molecule has 0 aromatic rings. The Labute approximate surface area is 177 Å². The van der Waals surface area contributed by atoms with Crippen molar-refractivity contribution in [3.63, 3.8) is 0 Å². The molecule has 170 valence electrons. The van der Waals surface area contributed by atoms with E-state index < -0.39 is 35.7 Å². The van der Waals surface area contributed by atoms with Crippen molar-refractivity contribution in [1.29, 1.82) is 0 Å². The summed E-state index contributed by atoms with van der Waals surface area (Å²) < 4.78 is 16.2. The van der Waals surface area contributed by atoms with Crippen molar-refractivity contribution in [2.45, 2.75) is 70.4 Å². The van der Waals surface area contributed by atoms with E-state index >= 15 is 0 Å². The average molecular weight is 427 g/mol. The first kappa shape index (κ1) is 24.5. The van der Waals surface area contributed by atoms with Crippen molar-refractivity contribution in [2.24, 2.45) is 11.8 Å². The number of carbonyl (C=O) groups is 2. The van der Waals surface area contributed by atoms with Crippen LogP contribution in [0.25, 0.3) is 0 Å². The molecule has 0 spiro atoms. The zero-order chi connectivity index (χ0) is 22.5. The van der Waals surface area contributed by atoms with Gasteiger partial charge in [-0.1, -0.05) is 12.7 Å². The fourth-order valence-electron chi connectivity index (χ4n) is 3.65. The Balaban J connectivity index is 2.12. The van der Waals surface area contributed by atoms with Crippen LogP contribution in [0.2, 0.25) is 0 Å². The smallest absolute Gasteiger partial charge is 0.311 e. The van der Waals surface area contributed by atoms with Gasteiger partial charge < -0.3 is 29.5 Å². The molecule has 2 aliphatic rings. The van der Waals surface area contributed by atoms with E-state index in [-0.39, 0.29) is 31.8 Å². The van der Waals surface area contributed by atoms with E-state index in [0.29, 0.717) is 36.8 Å². The minimum atomic E-state index is -0.876. The highest BCUT2D eigenvalue weighted by atomic mass is 16.6. The van der Waals surface area contributed by atoms with Crippen molar-refractivity contribution < 1.29 is 39.1 Å². The topological polar surface area (TPSA) is 126 Å². The molecule has 1 heterocycles. The van der Waals surface area contributed by atoms with Crippen LogP contribution in [0.15, 0.2) is 23.8 Å². The number of aliphatic hydroxyl groups is 3. The van der Waals surface area contributed by atoms with Gasteiger partial charge in [0, 0.05) is 6.92 Å². The minimum absolute atomic E-state index is 0.0471. The first-order valence-electron chi connectivity index (χ1n) is 10.4. The molecule has 6 atom stereocenters. The van der Waals surface area contributed by atoms with Crippen molar-refractivity contribution >= 4 is 11.9 Å². The van der Waals surface area contributed by atoms with E-state index in [2.05, 4.69) is 6.58 Å². The summed E-state index contributed by atoms with van der Waals surface area (Å²) in [6.07, 6.45) is 1.95. The number of allylic oxidation sites excluding steroid dienone is 1. The maximum absolute atomic E-state index is 12.1. The monoisotopic (exact) mass is 426 g/mol. The van der Waals surface area contributed by atoms with Gasteiger partial charge >= 0.3 is 11.9 Å². The molecule has 8 heteroatoms. The first-order valence-corrected chi connectivity index (χ1v) is 10.4. The molecule has 0 amide bonds. The second-order valence-corrected chi connectivity index (χ2v) is 8.41. The van der Waals surface area contributed by atoms with Gasteiger partial charge in [-0.05, 0) is 56.6 Å². The molecule has 0 radical (unpaired) electrons. The Kier molecular flexibility index (Phi) is 8.61. The highest BCUT2D eigenvalue weighted by Crippen LogP contribution is 2.46. The van der Waals surface area contributed by atoms with Gasteiger partial charge in [0.15, 0.2) is 0 Å². The third-order valence-electron chi connectivity index (χ3n) is 6.10. The Hall–Kier alpha value is -1.74. The largest absolute Gasteiger partial charge is 0.461 e. The standard InChI is InChI=1S/C22H34O8/c1-13(10-28-16(4)25)18-8-19(26)17(11-29-21(27)14(2)15(3)24)6-5-7-22(12-23)20(9-18)30-22/h6,14-15,18-20,23-24,26H,1,5,7-12H2,2-4H3/b17-6+. The molecule has 1 aliphatic heterocycles. The van der Waals surface area contributed by atoms with Crippen LogP contribution in [0.3, 0.4) is 0 Å². The van der Waals surface area contributed by atoms with E-state index in [9.17, 15) is 24.9 Å². The van der Waals surface area contributed by atoms with E-state index in [1.807, 2.05) is 6.08 Å². The Bertz CT molecular complexity index is 670. The molecule has 0 aromatic heterocycles. The summed E-state index contributed by atoms with van der Waals surface area (Å²) in [5, 5.41) is 30.2. The lowest BCUT2D eigenvalue weighted by atomic mass is 9.83. The van der Waals surface area contributed by atoms with Gasteiger partial charge in [-0.25, -0.2) is 0 Å². The third kappa shape index (κ3) is 6.38. The zero-order valence-electron chi connectivity index (χ0n) is 18.0. The molecular weight excluding hydrogens is 392 g/mol. The van der Waals surface area contributed by atoms with Gasteiger partial charge in [0.05, 0.1) is 30.8 Å². The van der Waals surface area contributed by atoms with E-state index in [1.54, 1.807) is 6.92 Å². The van der Waals surface area contributed by atoms with Gasteiger partial charge in [-0.15, -0.1) is 0 Å². The Morgan fingerprint density at radius 1 is 1.33 bits per heavy atom. The van der Waals surface area contributed by atoms with Crippen LogP contribution in [0.5, 0.6) is 0 Å². The quantitative estimate of drug-likeness (QED) is 0.301. The summed E-state index contributed by atoms with van der Waals surface area (Å²) in [5.41, 5.74) is 0.603. The number of fused-ring (bicyclic) bond motifs is 1. The molecule has 6 unspecified atom stereocenters. The van der Waals surface area contributed by atoms with Crippen LogP contribution < -0.4 is 0 Å². The molecule has 0 bridgehead atoms. The molecule has 2 rings (SSSR count). The van der Waals surface area contributed by atoms with Crippen LogP contribution in [-0.4, -0.2) is 71.0 Å². The minimum Gasteiger partial charge on any atom is -0.461 e. The van der Waals surface area contributed by atoms with Crippen molar-refractivity contribution in [3.8, 4) is 0 Å². The fraction of sp³-hybridized carbons (Fsp3) is 0.727. The maximum atomic E-state index is 12.1. The molecular formula is C22H34O8.